The molecule has 17 heavy (non-hydrogen) atoms. The maximum absolute atomic E-state index is 11.8. The highest BCUT2D eigenvalue weighted by atomic mass is 19.3. The summed E-state index contributed by atoms with van der Waals surface area (Å²) in [5.74, 6) is 0. The molecule has 1 aromatic rings. The topological polar surface area (TPSA) is 45.0 Å². The van der Waals surface area contributed by atoms with Crippen LogP contribution in [0.25, 0.3) is 0 Å². The SMILES string of the molecule is Cc1cccc(C#N)c1NCCOCC(F)F. The molecule has 0 bridgehead atoms. The molecule has 0 saturated carbocycles. The number of aryl methyl sites for hydroxylation is 1. The molecule has 5 heteroatoms. The van der Waals surface area contributed by atoms with Crippen LogP contribution < -0.4 is 5.32 Å². The number of anilines is 1. The van der Waals surface area contributed by atoms with Crippen molar-refractivity contribution in [2.75, 3.05) is 25.1 Å². The zero-order chi connectivity index (χ0) is 12.7. The number of rotatable bonds is 6. The summed E-state index contributed by atoms with van der Waals surface area (Å²) in [6, 6.07) is 7.45. The molecule has 3 nitrogen and oxygen atoms in total. The molecule has 0 aliphatic rings. The van der Waals surface area contributed by atoms with Gasteiger partial charge in [-0.3, -0.25) is 0 Å². The maximum atomic E-state index is 11.8. The summed E-state index contributed by atoms with van der Waals surface area (Å²) >= 11 is 0. The van der Waals surface area contributed by atoms with Gasteiger partial charge in [-0.05, 0) is 18.6 Å². The molecule has 0 aliphatic carbocycles. The smallest absolute Gasteiger partial charge is 0.261 e. The van der Waals surface area contributed by atoms with E-state index in [2.05, 4.69) is 11.4 Å². The first-order chi connectivity index (χ1) is 8.15. The molecule has 0 amide bonds. The minimum absolute atomic E-state index is 0.184. The van der Waals surface area contributed by atoms with Gasteiger partial charge < -0.3 is 10.1 Å². The van der Waals surface area contributed by atoms with Crippen molar-refractivity contribution in [3.8, 4) is 6.07 Å². The first-order valence-corrected chi connectivity index (χ1v) is 5.24. The van der Waals surface area contributed by atoms with E-state index in [-0.39, 0.29) is 6.61 Å². The molecule has 1 rings (SSSR count). The number of nitrogens with zero attached hydrogens (tertiary/aromatic N) is 1. The number of alkyl halides is 2. The van der Waals surface area contributed by atoms with E-state index in [9.17, 15) is 8.78 Å². The molecule has 0 saturated heterocycles. The van der Waals surface area contributed by atoms with Crippen LogP contribution in [0.15, 0.2) is 18.2 Å². The highest BCUT2D eigenvalue weighted by Crippen LogP contribution is 2.19. The number of ether oxygens (including phenoxy) is 1. The molecule has 0 unspecified atom stereocenters. The lowest BCUT2D eigenvalue weighted by Crippen LogP contribution is -2.14. The Balaban J connectivity index is 2.44. The van der Waals surface area contributed by atoms with Crippen LogP contribution in [-0.4, -0.2) is 26.2 Å². The number of nitrogens with one attached hydrogen (secondary N) is 1. The van der Waals surface area contributed by atoms with E-state index in [0.717, 1.165) is 11.3 Å². The number of benzene rings is 1. The Hall–Kier alpha value is -1.67. The van der Waals surface area contributed by atoms with Crippen molar-refractivity contribution in [2.24, 2.45) is 0 Å². The summed E-state index contributed by atoms with van der Waals surface area (Å²) < 4.78 is 28.3. The normalized spacial score (nSPS) is 10.3. The second-order valence-electron chi connectivity index (χ2n) is 3.50. The molecule has 0 radical (unpaired) electrons. The van der Waals surface area contributed by atoms with Crippen molar-refractivity contribution in [3.05, 3.63) is 29.3 Å². The number of nitriles is 1. The number of hydrogen-bond donors (Lipinski definition) is 1. The van der Waals surface area contributed by atoms with Gasteiger partial charge in [-0.1, -0.05) is 12.1 Å². The van der Waals surface area contributed by atoms with Crippen LogP contribution in [-0.2, 0) is 4.74 Å². The van der Waals surface area contributed by atoms with Crippen molar-refractivity contribution in [1.29, 1.82) is 5.26 Å². The quantitative estimate of drug-likeness (QED) is 0.777. The van der Waals surface area contributed by atoms with E-state index in [1.165, 1.54) is 0 Å². The monoisotopic (exact) mass is 240 g/mol. The molecule has 1 N–H and O–H groups in total. The van der Waals surface area contributed by atoms with Crippen LogP contribution in [0, 0.1) is 18.3 Å². The summed E-state index contributed by atoms with van der Waals surface area (Å²) in [4.78, 5) is 0. The van der Waals surface area contributed by atoms with Crippen LogP contribution in [0.3, 0.4) is 0 Å². The Kier molecular flexibility index (Phi) is 5.37. The van der Waals surface area contributed by atoms with Crippen molar-refractivity contribution in [1.82, 2.24) is 0 Å². The summed E-state index contributed by atoms with van der Waals surface area (Å²) in [6.45, 7) is 1.90. The van der Waals surface area contributed by atoms with Gasteiger partial charge in [0.2, 0.25) is 0 Å². The Bertz CT molecular complexity index is 402. The summed E-state index contributed by atoms with van der Waals surface area (Å²) in [6.07, 6.45) is -2.44. The van der Waals surface area contributed by atoms with E-state index in [1.807, 2.05) is 13.0 Å². The Morgan fingerprint density at radius 2 is 2.24 bits per heavy atom. The van der Waals surface area contributed by atoms with E-state index < -0.39 is 13.0 Å². The van der Waals surface area contributed by atoms with Gasteiger partial charge in [-0.2, -0.15) is 5.26 Å². The fourth-order valence-electron chi connectivity index (χ4n) is 1.42. The maximum Gasteiger partial charge on any atom is 0.261 e. The van der Waals surface area contributed by atoms with Gasteiger partial charge in [0.15, 0.2) is 0 Å². The third-order valence-electron chi connectivity index (χ3n) is 2.19. The lowest BCUT2D eigenvalue weighted by molar-refractivity contribution is 0.0215. The molecular weight excluding hydrogens is 226 g/mol. The van der Waals surface area contributed by atoms with Crippen molar-refractivity contribution < 1.29 is 13.5 Å². The summed E-state index contributed by atoms with van der Waals surface area (Å²) in [7, 11) is 0. The predicted molar refractivity (Wildman–Crippen MR) is 61.2 cm³/mol. The highest BCUT2D eigenvalue weighted by molar-refractivity contribution is 5.62. The van der Waals surface area contributed by atoms with Crippen LogP contribution in [0.5, 0.6) is 0 Å². The van der Waals surface area contributed by atoms with E-state index in [4.69, 9.17) is 10.00 Å². The molecule has 92 valence electrons. The fraction of sp³-hybridized carbons (Fsp3) is 0.417. The van der Waals surface area contributed by atoms with Crippen LogP contribution in [0.2, 0.25) is 0 Å². The largest absolute Gasteiger partial charge is 0.381 e. The zero-order valence-electron chi connectivity index (χ0n) is 9.54. The van der Waals surface area contributed by atoms with Gasteiger partial charge in [0, 0.05) is 6.54 Å². The van der Waals surface area contributed by atoms with Crippen molar-refractivity contribution >= 4 is 5.69 Å². The standard InChI is InChI=1S/C12H14F2N2O/c1-9-3-2-4-10(7-15)12(9)16-5-6-17-8-11(13)14/h2-4,11,16H,5-6,8H2,1H3. The van der Waals surface area contributed by atoms with Crippen molar-refractivity contribution in [3.63, 3.8) is 0 Å². The minimum atomic E-state index is -2.44. The third-order valence-corrected chi connectivity index (χ3v) is 2.19. The van der Waals surface area contributed by atoms with E-state index in [0.29, 0.717) is 12.1 Å². The van der Waals surface area contributed by atoms with Crippen LogP contribution in [0.1, 0.15) is 11.1 Å². The third kappa shape index (κ3) is 4.37. The minimum Gasteiger partial charge on any atom is -0.381 e. The van der Waals surface area contributed by atoms with E-state index >= 15 is 0 Å². The average molecular weight is 240 g/mol. The second-order valence-corrected chi connectivity index (χ2v) is 3.50. The molecule has 0 spiro atoms. The fourth-order valence-corrected chi connectivity index (χ4v) is 1.42. The number of para-hydroxylation sites is 1. The zero-order valence-corrected chi connectivity index (χ0v) is 9.54. The average Bonchev–Trinajstić information content (AvgIpc) is 2.30. The first kappa shape index (κ1) is 13.4. The molecule has 1 aromatic carbocycles. The Labute approximate surface area is 99.0 Å². The molecule has 0 aliphatic heterocycles. The molecule has 0 heterocycles. The lowest BCUT2D eigenvalue weighted by Gasteiger charge is -2.11. The summed E-state index contributed by atoms with van der Waals surface area (Å²) in [5.41, 5.74) is 2.22. The number of hydrogen-bond acceptors (Lipinski definition) is 3. The lowest BCUT2D eigenvalue weighted by atomic mass is 10.1. The van der Waals surface area contributed by atoms with Crippen LogP contribution >= 0.6 is 0 Å². The van der Waals surface area contributed by atoms with Gasteiger partial charge in [-0.25, -0.2) is 8.78 Å². The van der Waals surface area contributed by atoms with Gasteiger partial charge >= 0.3 is 0 Å². The molecule has 0 fully saturated rings. The van der Waals surface area contributed by atoms with Gasteiger partial charge in [0.1, 0.15) is 12.7 Å². The predicted octanol–water partition coefficient (Wildman–Crippen LogP) is 2.56. The molecule has 0 atom stereocenters. The first-order valence-electron chi connectivity index (χ1n) is 5.24. The van der Waals surface area contributed by atoms with E-state index in [1.54, 1.807) is 12.1 Å². The van der Waals surface area contributed by atoms with Crippen molar-refractivity contribution in [2.45, 2.75) is 13.3 Å². The molecular formula is C12H14F2N2O. The Morgan fingerprint density at radius 1 is 1.47 bits per heavy atom. The highest BCUT2D eigenvalue weighted by Gasteiger charge is 2.05. The second kappa shape index (κ2) is 6.81. The van der Waals surface area contributed by atoms with Gasteiger partial charge in [0.25, 0.3) is 6.43 Å². The number of halogens is 2. The Morgan fingerprint density at radius 3 is 2.88 bits per heavy atom. The van der Waals surface area contributed by atoms with Gasteiger partial charge in [-0.15, -0.1) is 0 Å². The van der Waals surface area contributed by atoms with Crippen LogP contribution in [0.4, 0.5) is 14.5 Å². The van der Waals surface area contributed by atoms with Gasteiger partial charge in [0.05, 0.1) is 17.9 Å². The summed E-state index contributed by atoms with van der Waals surface area (Å²) in [5, 5.41) is 11.9. The molecule has 0 aromatic heterocycles.